The third-order valence-electron chi connectivity index (χ3n) is 3.45. The Balaban J connectivity index is 1.63. The van der Waals surface area contributed by atoms with Gasteiger partial charge in [0.2, 0.25) is 0 Å². The summed E-state index contributed by atoms with van der Waals surface area (Å²) in [4.78, 5) is 18.3. The second-order valence-corrected chi connectivity index (χ2v) is 5.41. The lowest BCUT2D eigenvalue weighted by molar-refractivity contribution is -0.396. The van der Waals surface area contributed by atoms with Crippen molar-refractivity contribution in [3.05, 3.63) is 58.0 Å². The number of imidazole rings is 1. The minimum absolute atomic E-state index is 0.131. The van der Waals surface area contributed by atoms with Gasteiger partial charge in [0.1, 0.15) is 12.4 Å². The topological polar surface area (TPSA) is 85.9 Å². The van der Waals surface area contributed by atoms with Crippen LogP contribution in [-0.4, -0.2) is 26.0 Å². The molecule has 118 valence electrons. The number of hydrogen-bond donors (Lipinski definition) is 1. The quantitative estimate of drug-likeness (QED) is 0.424. The number of benzene rings is 1. The summed E-state index contributed by atoms with van der Waals surface area (Å²) in [6.07, 6.45) is 5.50. The Kier molecular flexibility index (Phi) is 4.38. The monoisotopic (exact) mass is 331 g/mol. The molecule has 0 unspecified atom stereocenters. The summed E-state index contributed by atoms with van der Waals surface area (Å²) in [5.74, 6) is -0.131. The number of nitro groups is 1. The molecule has 8 heteroatoms. The van der Waals surface area contributed by atoms with E-state index in [1.807, 2.05) is 24.3 Å². The fraction of sp³-hybridized carbons (Fsp3) is 0.200. The van der Waals surface area contributed by atoms with E-state index in [-0.39, 0.29) is 5.95 Å². The third-order valence-corrected chi connectivity index (χ3v) is 3.69. The van der Waals surface area contributed by atoms with Crippen LogP contribution in [-0.2, 0) is 6.54 Å². The van der Waals surface area contributed by atoms with E-state index in [4.69, 9.17) is 11.6 Å². The van der Waals surface area contributed by atoms with E-state index in [2.05, 4.69) is 15.3 Å². The number of fused-ring (bicyclic) bond motifs is 1. The van der Waals surface area contributed by atoms with E-state index in [1.54, 1.807) is 12.4 Å². The van der Waals surface area contributed by atoms with Crippen molar-refractivity contribution in [2.45, 2.75) is 13.0 Å². The molecule has 0 fully saturated rings. The first-order chi connectivity index (χ1) is 11.1. The molecule has 1 aromatic carbocycles. The van der Waals surface area contributed by atoms with Gasteiger partial charge in [-0.25, -0.2) is 4.57 Å². The van der Waals surface area contributed by atoms with Crippen molar-refractivity contribution < 1.29 is 4.92 Å². The molecule has 7 nitrogen and oxygen atoms in total. The first kappa shape index (κ1) is 15.2. The summed E-state index contributed by atoms with van der Waals surface area (Å²) in [7, 11) is 0. The smallest absolute Gasteiger partial charge is 0.390 e. The summed E-state index contributed by atoms with van der Waals surface area (Å²) in [6, 6.07) is 7.46. The van der Waals surface area contributed by atoms with Gasteiger partial charge in [-0.2, -0.15) is 0 Å². The molecule has 0 bridgehead atoms. The van der Waals surface area contributed by atoms with Crippen LogP contribution in [0.1, 0.15) is 6.42 Å². The van der Waals surface area contributed by atoms with Gasteiger partial charge in [0, 0.05) is 28.8 Å². The van der Waals surface area contributed by atoms with E-state index in [9.17, 15) is 10.1 Å². The molecule has 2 heterocycles. The van der Waals surface area contributed by atoms with Gasteiger partial charge in [-0.15, -0.1) is 0 Å². The fourth-order valence-corrected chi connectivity index (χ4v) is 2.56. The molecule has 0 aliphatic heterocycles. The zero-order valence-electron chi connectivity index (χ0n) is 12.1. The van der Waals surface area contributed by atoms with E-state index in [0.717, 1.165) is 23.0 Å². The average molecular weight is 332 g/mol. The Bertz CT molecular complexity index is 849. The van der Waals surface area contributed by atoms with Crippen molar-refractivity contribution >= 4 is 34.1 Å². The van der Waals surface area contributed by atoms with Gasteiger partial charge in [-0.1, -0.05) is 16.6 Å². The first-order valence-electron chi connectivity index (χ1n) is 7.09. The van der Waals surface area contributed by atoms with Crippen molar-refractivity contribution in [1.29, 1.82) is 0 Å². The predicted molar refractivity (Wildman–Crippen MR) is 88.7 cm³/mol. The number of aromatic nitrogens is 3. The van der Waals surface area contributed by atoms with Crippen LogP contribution in [0.3, 0.4) is 0 Å². The molecule has 0 aliphatic rings. The van der Waals surface area contributed by atoms with Crippen LogP contribution >= 0.6 is 11.6 Å². The second kappa shape index (κ2) is 6.62. The van der Waals surface area contributed by atoms with Crippen LogP contribution in [0.4, 0.5) is 11.6 Å². The van der Waals surface area contributed by atoms with Gasteiger partial charge in [0.15, 0.2) is 0 Å². The highest BCUT2D eigenvalue weighted by molar-refractivity contribution is 6.31. The van der Waals surface area contributed by atoms with Gasteiger partial charge < -0.3 is 15.4 Å². The highest BCUT2D eigenvalue weighted by Crippen LogP contribution is 2.24. The number of nitrogens with one attached hydrogen (secondary N) is 1. The van der Waals surface area contributed by atoms with E-state index < -0.39 is 4.92 Å². The maximum Gasteiger partial charge on any atom is 0.434 e. The lowest BCUT2D eigenvalue weighted by Crippen LogP contribution is -2.08. The molecule has 0 saturated heterocycles. The predicted octanol–water partition coefficient (Wildman–Crippen LogP) is 3.50. The number of aryl methyl sites for hydroxylation is 1. The molecule has 0 radical (unpaired) electrons. The molecule has 23 heavy (non-hydrogen) atoms. The Labute approximate surface area is 137 Å². The fourth-order valence-electron chi connectivity index (χ4n) is 2.40. The van der Waals surface area contributed by atoms with E-state index in [1.165, 1.54) is 10.8 Å². The molecule has 3 aromatic rings. The van der Waals surface area contributed by atoms with Crippen molar-refractivity contribution in [2.75, 3.05) is 11.9 Å². The van der Waals surface area contributed by atoms with Crippen molar-refractivity contribution in [3.8, 4) is 0 Å². The van der Waals surface area contributed by atoms with Crippen LogP contribution in [0.2, 0.25) is 5.02 Å². The number of hydrogen-bond acceptors (Lipinski definition) is 5. The largest absolute Gasteiger partial charge is 0.434 e. The maximum absolute atomic E-state index is 10.8. The molecule has 0 spiro atoms. The zero-order valence-corrected chi connectivity index (χ0v) is 12.9. The molecule has 0 atom stereocenters. The van der Waals surface area contributed by atoms with Gasteiger partial charge >= 0.3 is 5.95 Å². The number of halogens is 1. The van der Waals surface area contributed by atoms with Crippen LogP contribution in [0.15, 0.2) is 42.9 Å². The highest BCUT2D eigenvalue weighted by atomic mass is 35.5. The minimum Gasteiger partial charge on any atom is -0.390 e. The van der Waals surface area contributed by atoms with Crippen LogP contribution < -0.4 is 5.32 Å². The van der Waals surface area contributed by atoms with Crippen molar-refractivity contribution in [1.82, 2.24) is 14.5 Å². The van der Waals surface area contributed by atoms with Crippen LogP contribution in [0, 0.1) is 10.1 Å². The minimum atomic E-state index is -0.479. The van der Waals surface area contributed by atoms with Crippen molar-refractivity contribution in [3.63, 3.8) is 0 Å². The SMILES string of the molecule is O=[N+]([O-])c1nccn1CCCNc1ccnc2cc(Cl)ccc12. The maximum atomic E-state index is 10.8. The zero-order chi connectivity index (χ0) is 16.2. The number of rotatable bonds is 6. The van der Waals surface area contributed by atoms with Gasteiger partial charge in [-0.05, 0) is 35.6 Å². The third kappa shape index (κ3) is 3.40. The summed E-state index contributed by atoms with van der Waals surface area (Å²) in [5.41, 5.74) is 1.79. The molecule has 0 saturated carbocycles. The number of anilines is 1. The second-order valence-electron chi connectivity index (χ2n) is 4.98. The summed E-state index contributed by atoms with van der Waals surface area (Å²) < 4.78 is 1.53. The lowest BCUT2D eigenvalue weighted by Gasteiger charge is -2.09. The summed E-state index contributed by atoms with van der Waals surface area (Å²) in [5, 5.41) is 15.8. The molecule has 0 aliphatic carbocycles. The van der Waals surface area contributed by atoms with E-state index in [0.29, 0.717) is 18.1 Å². The average Bonchev–Trinajstić information content (AvgIpc) is 3.00. The standard InChI is InChI=1S/C15H14ClN5O2/c16-11-2-3-12-13(4-6-18-14(12)10-11)17-5-1-8-20-9-7-19-15(20)21(22)23/h2-4,6-7,9-10H,1,5,8H2,(H,17,18). The normalized spacial score (nSPS) is 10.8. The summed E-state index contributed by atoms with van der Waals surface area (Å²) >= 11 is 5.97. The molecule has 0 amide bonds. The molecule has 1 N–H and O–H groups in total. The number of pyridine rings is 1. The van der Waals surface area contributed by atoms with Crippen LogP contribution in [0.5, 0.6) is 0 Å². The Morgan fingerprint density at radius 2 is 2.13 bits per heavy atom. The molecule has 3 rings (SSSR count). The van der Waals surface area contributed by atoms with E-state index >= 15 is 0 Å². The first-order valence-corrected chi connectivity index (χ1v) is 7.46. The molecular weight excluding hydrogens is 318 g/mol. The Hall–Kier alpha value is -2.67. The van der Waals surface area contributed by atoms with Gasteiger partial charge in [0.25, 0.3) is 0 Å². The highest BCUT2D eigenvalue weighted by Gasteiger charge is 2.13. The molecular formula is C15H14ClN5O2. The van der Waals surface area contributed by atoms with Gasteiger partial charge in [-0.3, -0.25) is 4.98 Å². The van der Waals surface area contributed by atoms with Gasteiger partial charge in [0.05, 0.1) is 12.1 Å². The van der Waals surface area contributed by atoms with Crippen molar-refractivity contribution in [2.24, 2.45) is 0 Å². The Morgan fingerprint density at radius 3 is 2.96 bits per heavy atom. The summed E-state index contributed by atoms with van der Waals surface area (Å²) in [6.45, 7) is 1.20. The Morgan fingerprint density at radius 1 is 1.26 bits per heavy atom. The van der Waals surface area contributed by atoms with Crippen LogP contribution in [0.25, 0.3) is 10.9 Å². The molecule has 2 aromatic heterocycles. The number of nitrogens with zero attached hydrogens (tertiary/aromatic N) is 4. The lowest BCUT2D eigenvalue weighted by atomic mass is 10.2.